The number of hydrogen-bond donors (Lipinski definition) is 2. The number of benzene rings is 2. The van der Waals surface area contributed by atoms with Crippen molar-refractivity contribution in [3.8, 4) is 11.5 Å². The lowest BCUT2D eigenvalue weighted by Crippen LogP contribution is -3.14. The average Bonchev–Trinajstić information content (AvgIpc) is 2.79. The summed E-state index contributed by atoms with van der Waals surface area (Å²) in [7, 11) is 3.28. The molecule has 2 aromatic carbocycles. The molecule has 0 bridgehead atoms. The van der Waals surface area contributed by atoms with Crippen molar-refractivity contribution in [1.29, 1.82) is 0 Å². The molecular weight excluding hydrogens is 382 g/mol. The number of hydrogen-bond acceptors (Lipinski definition) is 4. The van der Waals surface area contributed by atoms with E-state index in [-0.39, 0.29) is 6.03 Å². The Kier molecular flexibility index (Phi) is 8.35. The van der Waals surface area contributed by atoms with Gasteiger partial charge >= 0.3 is 6.03 Å². The molecule has 1 saturated heterocycles. The number of urea groups is 1. The Bertz CT molecular complexity index is 794. The molecule has 2 amide bonds. The van der Waals surface area contributed by atoms with Gasteiger partial charge in [-0.3, -0.25) is 0 Å². The van der Waals surface area contributed by atoms with E-state index in [9.17, 15) is 4.79 Å². The Hall–Kier alpha value is -2.77. The number of quaternary nitrogens is 1. The number of morpholine rings is 1. The number of carbonyl (C=O) groups excluding carboxylic acids is 1. The van der Waals surface area contributed by atoms with Crippen molar-refractivity contribution in [2.45, 2.75) is 13.0 Å². The molecule has 0 aliphatic carbocycles. The molecule has 1 aliphatic heterocycles. The first-order valence-electron chi connectivity index (χ1n) is 10.4. The summed E-state index contributed by atoms with van der Waals surface area (Å²) in [5, 5.41) is 3.00. The molecule has 0 radical (unpaired) electrons. The van der Waals surface area contributed by atoms with Crippen molar-refractivity contribution < 1.29 is 23.9 Å². The van der Waals surface area contributed by atoms with Gasteiger partial charge in [-0.1, -0.05) is 18.2 Å². The number of nitrogens with zero attached hydrogens (tertiary/aromatic N) is 1. The van der Waals surface area contributed by atoms with Crippen LogP contribution in [0.5, 0.6) is 11.5 Å². The Morgan fingerprint density at radius 2 is 1.87 bits per heavy atom. The highest BCUT2D eigenvalue weighted by molar-refractivity contribution is 5.89. The highest BCUT2D eigenvalue weighted by Crippen LogP contribution is 2.25. The van der Waals surface area contributed by atoms with Crippen LogP contribution in [-0.2, 0) is 11.3 Å². The molecule has 1 aliphatic rings. The van der Waals surface area contributed by atoms with Gasteiger partial charge in [0.25, 0.3) is 0 Å². The van der Waals surface area contributed by atoms with Gasteiger partial charge in [0, 0.05) is 24.2 Å². The molecule has 0 saturated carbocycles. The Morgan fingerprint density at radius 1 is 1.10 bits per heavy atom. The highest BCUT2D eigenvalue weighted by Gasteiger charge is 2.19. The maximum Gasteiger partial charge on any atom is 0.322 e. The number of ether oxygens (including phenoxy) is 3. The number of amides is 2. The fourth-order valence-electron chi connectivity index (χ4n) is 3.62. The zero-order valence-electron chi connectivity index (χ0n) is 17.9. The predicted molar refractivity (Wildman–Crippen MR) is 116 cm³/mol. The van der Waals surface area contributed by atoms with E-state index < -0.39 is 0 Å². The zero-order valence-corrected chi connectivity index (χ0v) is 17.9. The summed E-state index contributed by atoms with van der Waals surface area (Å²) in [4.78, 5) is 16.4. The molecule has 1 heterocycles. The van der Waals surface area contributed by atoms with Crippen LogP contribution in [0.25, 0.3) is 0 Å². The van der Waals surface area contributed by atoms with E-state index in [1.165, 1.54) is 4.90 Å². The first-order valence-corrected chi connectivity index (χ1v) is 10.4. The molecule has 7 heteroatoms. The van der Waals surface area contributed by atoms with Gasteiger partial charge in [0.05, 0.1) is 40.5 Å². The summed E-state index contributed by atoms with van der Waals surface area (Å²) < 4.78 is 16.3. The summed E-state index contributed by atoms with van der Waals surface area (Å²) in [6, 6.07) is 15.1. The van der Waals surface area contributed by atoms with Gasteiger partial charge < -0.3 is 29.3 Å². The van der Waals surface area contributed by atoms with Gasteiger partial charge in [0.1, 0.15) is 24.6 Å². The number of rotatable bonds is 9. The van der Waals surface area contributed by atoms with Crippen molar-refractivity contribution in [2.24, 2.45) is 0 Å². The van der Waals surface area contributed by atoms with E-state index in [0.29, 0.717) is 13.1 Å². The molecule has 7 nitrogen and oxygen atoms in total. The van der Waals surface area contributed by atoms with Crippen LogP contribution in [0, 0.1) is 0 Å². The van der Waals surface area contributed by atoms with E-state index in [4.69, 9.17) is 14.2 Å². The van der Waals surface area contributed by atoms with Crippen LogP contribution in [0.4, 0.5) is 10.5 Å². The topological polar surface area (TPSA) is 64.5 Å². The van der Waals surface area contributed by atoms with Crippen molar-refractivity contribution in [3.05, 3.63) is 54.1 Å². The van der Waals surface area contributed by atoms with Crippen molar-refractivity contribution >= 4 is 11.7 Å². The van der Waals surface area contributed by atoms with Crippen LogP contribution < -0.4 is 19.7 Å². The average molecular weight is 415 g/mol. The number of methoxy groups -OCH3 is 2. The SMILES string of the molecule is COc1ccc(OC)c(CN(CCC[NH+]2CCOCC2)C(=O)Nc2ccccc2)c1. The number of carbonyl (C=O) groups is 1. The Morgan fingerprint density at radius 3 is 2.57 bits per heavy atom. The van der Waals surface area contributed by atoms with Gasteiger partial charge in [-0.05, 0) is 30.3 Å². The third-order valence-electron chi connectivity index (χ3n) is 5.32. The van der Waals surface area contributed by atoms with E-state index in [1.54, 1.807) is 14.2 Å². The van der Waals surface area contributed by atoms with Crippen molar-refractivity contribution in [3.63, 3.8) is 0 Å². The largest absolute Gasteiger partial charge is 0.497 e. The molecular formula is C23H32N3O4+. The zero-order chi connectivity index (χ0) is 21.2. The van der Waals surface area contributed by atoms with Gasteiger partial charge in [-0.15, -0.1) is 0 Å². The fraction of sp³-hybridized carbons (Fsp3) is 0.435. The minimum Gasteiger partial charge on any atom is -0.497 e. The molecule has 0 aromatic heterocycles. The second-order valence-corrected chi connectivity index (χ2v) is 7.36. The summed E-state index contributed by atoms with van der Waals surface area (Å²) in [6.45, 7) is 5.80. The van der Waals surface area contributed by atoms with Crippen LogP contribution in [0.2, 0.25) is 0 Å². The van der Waals surface area contributed by atoms with Crippen LogP contribution in [0.3, 0.4) is 0 Å². The van der Waals surface area contributed by atoms with Gasteiger partial charge in [-0.2, -0.15) is 0 Å². The predicted octanol–water partition coefficient (Wildman–Crippen LogP) is 2.04. The molecule has 0 atom stereocenters. The van der Waals surface area contributed by atoms with Gasteiger partial charge in [-0.25, -0.2) is 4.79 Å². The lowest BCUT2D eigenvalue weighted by atomic mass is 10.1. The molecule has 3 rings (SSSR count). The first-order chi connectivity index (χ1) is 14.7. The summed E-state index contributed by atoms with van der Waals surface area (Å²) in [5.41, 5.74) is 1.70. The normalized spacial score (nSPS) is 14.2. The quantitative estimate of drug-likeness (QED) is 0.659. The van der Waals surface area contributed by atoms with Crippen molar-refractivity contribution in [2.75, 3.05) is 58.9 Å². The molecule has 2 aromatic rings. The van der Waals surface area contributed by atoms with Gasteiger partial charge in [0.2, 0.25) is 0 Å². The van der Waals surface area contributed by atoms with Gasteiger partial charge in [0.15, 0.2) is 0 Å². The monoisotopic (exact) mass is 414 g/mol. The number of nitrogens with one attached hydrogen (secondary N) is 2. The standard InChI is InChI=1S/C23H31N3O4/c1-28-21-9-10-22(29-2)19(17-21)18-26(12-6-11-25-13-15-30-16-14-25)23(27)24-20-7-4-3-5-8-20/h3-5,7-10,17H,6,11-16,18H2,1-2H3,(H,24,27)/p+1. The lowest BCUT2D eigenvalue weighted by Gasteiger charge is -2.27. The van der Waals surface area contributed by atoms with Crippen molar-refractivity contribution in [1.82, 2.24) is 4.90 Å². The fourth-order valence-corrected chi connectivity index (χ4v) is 3.62. The minimum atomic E-state index is -0.122. The second-order valence-electron chi connectivity index (χ2n) is 7.36. The Labute approximate surface area is 178 Å². The second kappa shape index (κ2) is 11.4. The van der Waals surface area contributed by atoms with Crippen LogP contribution in [-0.4, -0.2) is 64.5 Å². The van der Waals surface area contributed by atoms with Crippen LogP contribution >= 0.6 is 0 Å². The first kappa shape index (κ1) is 21.9. The smallest absolute Gasteiger partial charge is 0.322 e. The van der Waals surface area contributed by atoms with E-state index >= 15 is 0 Å². The van der Waals surface area contributed by atoms with Crippen LogP contribution in [0.1, 0.15) is 12.0 Å². The Balaban J connectivity index is 1.70. The molecule has 2 N–H and O–H groups in total. The third kappa shape index (κ3) is 6.37. The minimum absolute atomic E-state index is 0.122. The summed E-state index contributed by atoms with van der Waals surface area (Å²) in [5.74, 6) is 1.49. The third-order valence-corrected chi connectivity index (χ3v) is 5.32. The molecule has 162 valence electrons. The van der Waals surface area contributed by atoms with E-state index in [1.807, 2.05) is 53.4 Å². The van der Waals surface area contributed by atoms with E-state index in [2.05, 4.69) is 5.32 Å². The van der Waals surface area contributed by atoms with E-state index in [0.717, 1.165) is 62.0 Å². The number of para-hydroxylation sites is 1. The highest BCUT2D eigenvalue weighted by atomic mass is 16.5. The number of anilines is 1. The van der Waals surface area contributed by atoms with Crippen LogP contribution in [0.15, 0.2) is 48.5 Å². The summed E-state index contributed by atoms with van der Waals surface area (Å²) >= 11 is 0. The maximum atomic E-state index is 13.1. The molecule has 1 fully saturated rings. The maximum absolute atomic E-state index is 13.1. The molecule has 30 heavy (non-hydrogen) atoms. The lowest BCUT2D eigenvalue weighted by molar-refractivity contribution is -0.908. The molecule has 0 unspecified atom stereocenters. The summed E-state index contributed by atoms with van der Waals surface area (Å²) in [6.07, 6.45) is 0.920. The molecule has 0 spiro atoms.